The Balaban J connectivity index is 2.72. The molecule has 0 aliphatic heterocycles. The van der Waals surface area contributed by atoms with E-state index in [1.54, 1.807) is 6.92 Å². The van der Waals surface area contributed by atoms with Gasteiger partial charge < -0.3 is 9.88 Å². The van der Waals surface area contributed by atoms with Crippen molar-refractivity contribution in [2.45, 2.75) is 6.92 Å². The van der Waals surface area contributed by atoms with Gasteiger partial charge in [-0.15, -0.1) is 0 Å². The van der Waals surface area contributed by atoms with E-state index >= 15 is 0 Å². The van der Waals surface area contributed by atoms with Crippen LogP contribution in [0.5, 0.6) is 0 Å². The molecule has 2 rings (SSSR count). The van der Waals surface area contributed by atoms with Gasteiger partial charge in [-0.05, 0) is 25.1 Å². The van der Waals surface area contributed by atoms with E-state index in [-0.39, 0.29) is 5.56 Å². The molecule has 1 aromatic heterocycles. The number of anilines is 1. The van der Waals surface area contributed by atoms with Crippen LogP contribution in [0, 0.1) is 6.92 Å². The van der Waals surface area contributed by atoms with Crippen molar-refractivity contribution >= 4 is 16.7 Å². The van der Waals surface area contributed by atoms with E-state index in [1.807, 2.05) is 37.2 Å². The molecule has 0 fully saturated rings. The third-order valence-corrected chi connectivity index (χ3v) is 2.36. The average molecular weight is 203 g/mol. The molecule has 0 unspecified atom stereocenters. The summed E-state index contributed by atoms with van der Waals surface area (Å²) in [4.78, 5) is 20.4. The number of aromatic nitrogens is 2. The lowest BCUT2D eigenvalue weighted by atomic mass is 10.2. The van der Waals surface area contributed by atoms with Crippen LogP contribution in [0.3, 0.4) is 0 Å². The second-order valence-electron chi connectivity index (χ2n) is 3.75. The first-order chi connectivity index (χ1) is 7.08. The van der Waals surface area contributed by atoms with Crippen LogP contribution in [0.25, 0.3) is 11.0 Å². The summed E-state index contributed by atoms with van der Waals surface area (Å²) in [6, 6.07) is 5.78. The van der Waals surface area contributed by atoms with Crippen LogP contribution < -0.4 is 10.5 Å². The van der Waals surface area contributed by atoms with Gasteiger partial charge in [-0.2, -0.15) is 0 Å². The van der Waals surface area contributed by atoms with Crippen molar-refractivity contribution in [3.63, 3.8) is 0 Å². The lowest BCUT2D eigenvalue weighted by molar-refractivity contribution is 1.11. The van der Waals surface area contributed by atoms with E-state index in [1.165, 1.54) is 0 Å². The monoisotopic (exact) mass is 203 g/mol. The second-order valence-corrected chi connectivity index (χ2v) is 3.75. The van der Waals surface area contributed by atoms with Gasteiger partial charge in [0, 0.05) is 19.8 Å². The van der Waals surface area contributed by atoms with E-state index in [4.69, 9.17) is 0 Å². The maximum atomic E-state index is 11.3. The number of benzene rings is 1. The Kier molecular flexibility index (Phi) is 2.19. The normalized spacial score (nSPS) is 10.6. The first kappa shape index (κ1) is 9.71. The van der Waals surface area contributed by atoms with E-state index in [9.17, 15) is 4.79 Å². The Bertz CT molecular complexity index is 557. The maximum absolute atomic E-state index is 11.3. The molecule has 1 heterocycles. The van der Waals surface area contributed by atoms with Gasteiger partial charge in [0.05, 0.1) is 11.0 Å². The molecule has 0 saturated heterocycles. The van der Waals surface area contributed by atoms with Crippen LogP contribution >= 0.6 is 0 Å². The fourth-order valence-corrected chi connectivity index (χ4v) is 1.44. The van der Waals surface area contributed by atoms with Gasteiger partial charge in [0.25, 0.3) is 5.56 Å². The van der Waals surface area contributed by atoms with Gasteiger partial charge in [0.1, 0.15) is 5.69 Å². The highest BCUT2D eigenvalue weighted by molar-refractivity contribution is 5.78. The second kappa shape index (κ2) is 3.38. The predicted octanol–water partition coefficient (Wildman–Crippen LogP) is 1.30. The van der Waals surface area contributed by atoms with Gasteiger partial charge in [-0.3, -0.25) is 4.79 Å². The van der Waals surface area contributed by atoms with Crippen LogP contribution in [0.15, 0.2) is 23.0 Å². The molecule has 1 aromatic carbocycles. The van der Waals surface area contributed by atoms with E-state index in [0.29, 0.717) is 5.69 Å². The van der Waals surface area contributed by atoms with Crippen molar-refractivity contribution in [2.75, 3.05) is 19.0 Å². The number of nitrogens with one attached hydrogen (secondary N) is 1. The molecule has 0 radical (unpaired) electrons. The summed E-state index contributed by atoms with van der Waals surface area (Å²) in [5.74, 6) is 0. The molecular formula is C11H13N3O. The minimum Gasteiger partial charge on any atom is -0.378 e. The van der Waals surface area contributed by atoms with Crippen molar-refractivity contribution in [3.8, 4) is 0 Å². The summed E-state index contributed by atoms with van der Waals surface area (Å²) in [5.41, 5.74) is 3.04. The summed E-state index contributed by atoms with van der Waals surface area (Å²) in [6.45, 7) is 1.71. The molecule has 0 bridgehead atoms. The summed E-state index contributed by atoms with van der Waals surface area (Å²) >= 11 is 0. The molecule has 4 heteroatoms. The van der Waals surface area contributed by atoms with Gasteiger partial charge in [0.15, 0.2) is 0 Å². The fraction of sp³-hybridized carbons (Fsp3) is 0.273. The largest absolute Gasteiger partial charge is 0.378 e. The van der Waals surface area contributed by atoms with Crippen molar-refractivity contribution < 1.29 is 0 Å². The van der Waals surface area contributed by atoms with Gasteiger partial charge in [0.2, 0.25) is 0 Å². The van der Waals surface area contributed by atoms with Crippen molar-refractivity contribution in [1.82, 2.24) is 9.97 Å². The molecule has 78 valence electrons. The number of rotatable bonds is 1. The number of hydrogen-bond donors (Lipinski definition) is 1. The predicted molar refractivity (Wildman–Crippen MR) is 61.4 cm³/mol. The minimum absolute atomic E-state index is 0.125. The fourth-order valence-electron chi connectivity index (χ4n) is 1.44. The molecule has 0 saturated carbocycles. The molecular weight excluding hydrogens is 190 g/mol. The van der Waals surface area contributed by atoms with Gasteiger partial charge in [-0.25, -0.2) is 4.98 Å². The summed E-state index contributed by atoms with van der Waals surface area (Å²) < 4.78 is 0. The zero-order valence-electron chi connectivity index (χ0n) is 9.03. The summed E-state index contributed by atoms with van der Waals surface area (Å²) in [5, 5.41) is 0. The summed E-state index contributed by atoms with van der Waals surface area (Å²) in [6.07, 6.45) is 0. The highest BCUT2D eigenvalue weighted by Crippen LogP contribution is 2.16. The SMILES string of the molecule is Cc1nc2cc(N(C)C)ccc2[nH]c1=O. The minimum atomic E-state index is -0.125. The highest BCUT2D eigenvalue weighted by Gasteiger charge is 2.02. The standard InChI is InChI=1S/C11H13N3O/c1-7-11(15)13-9-5-4-8(14(2)3)6-10(9)12-7/h4-6H,1-3H3,(H,13,15). The molecule has 0 aliphatic carbocycles. The Morgan fingerprint density at radius 2 is 2.07 bits per heavy atom. The molecule has 4 nitrogen and oxygen atoms in total. The molecule has 0 amide bonds. The van der Waals surface area contributed by atoms with Crippen LogP contribution in [-0.2, 0) is 0 Å². The quantitative estimate of drug-likeness (QED) is 0.760. The number of nitrogens with zero attached hydrogens (tertiary/aromatic N) is 2. The Morgan fingerprint density at radius 1 is 1.33 bits per heavy atom. The van der Waals surface area contributed by atoms with Gasteiger partial charge in [-0.1, -0.05) is 0 Å². The zero-order chi connectivity index (χ0) is 11.0. The summed E-state index contributed by atoms with van der Waals surface area (Å²) in [7, 11) is 3.94. The van der Waals surface area contributed by atoms with Crippen molar-refractivity contribution in [1.29, 1.82) is 0 Å². The lowest BCUT2D eigenvalue weighted by Crippen LogP contribution is -2.12. The van der Waals surface area contributed by atoms with E-state index < -0.39 is 0 Å². The van der Waals surface area contributed by atoms with E-state index in [2.05, 4.69) is 9.97 Å². The Morgan fingerprint density at radius 3 is 2.73 bits per heavy atom. The molecule has 0 spiro atoms. The third kappa shape index (κ3) is 1.70. The number of fused-ring (bicyclic) bond motifs is 1. The van der Waals surface area contributed by atoms with E-state index in [0.717, 1.165) is 16.7 Å². The lowest BCUT2D eigenvalue weighted by Gasteiger charge is -2.12. The third-order valence-electron chi connectivity index (χ3n) is 2.36. The maximum Gasteiger partial charge on any atom is 0.269 e. The number of H-pyrrole nitrogens is 1. The smallest absolute Gasteiger partial charge is 0.269 e. The first-order valence-corrected chi connectivity index (χ1v) is 4.76. The number of aromatic amines is 1. The Hall–Kier alpha value is -1.84. The van der Waals surface area contributed by atoms with Crippen LogP contribution in [0.4, 0.5) is 5.69 Å². The average Bonchev–Trinajstić information content (AvgIpc) is 2.19. The van der Waals surface area contributed by atoms with Crippen molar-refractivity contribution in [2.24, 2.45) is 0 Å². The molecule has 2 aromatic rings. The molecule has 1 N–H and O–H groups in total. The first-order valence-electron chi connectivity index (χ1n) is 4.76. The highest BCUT2D eigenvalue weighted by atomic mass is 16.1. The van der Waals surface area contributed by atoms with Crippen LogP contribution in [-0.4, -0.2) is 24.1 Å². The number of hydrogen-bond acceptors (Lipinski definition) is 3. The van der Waals surface area contributed by atoms with Crippen LogP contribution in [0.1, 0.15) is 5.69 Å². The van der Waals surface area contributed by atoms with Crippen molar-refractivity contribution in [3.05, 3.63) is 34.2 Å². The zero-order valence-corrected chi connectivity index (χ0v) is 9.03. The van der Waals surface area contributed by atoms with Gasteiger partial charge >= 0.3 is 0 Å². The Labute approximate surface area is 87.6 Å². The number of aryl methyl sites for hydroxylation is 1. The molecule has 15 heavy (non-hydrogen) atoms. The molecule has 0 aliphatic rings. The molecule has 0 atom stereocenters. The van der Waals surface area contributed by atoms with Crippen LogP contribution in [0.2, 0.25) is 0 Å². The topological polar surface area (TPSA) is 49.0 Å².